The molecular weight excluding hydrogens is 280 g/mol. The number of nitro benzene ring substituents is 1. The smallest absolute Gasteiger partial charge is 0.310 e. The van der Waals surface area contributed by atoms with E-state index in [0.717, 1.165) is 0 Å². The van der Waals surface area contributed by atoms with Crippen LogP contribution in [0.5, 0.6) is 0 Å². The van der Waals surface area contributed by atoms with Gasteiger partial charge in [0.15, 0.2) is 0 Å². The Bertz CT molecular complexity index is 447. The van der Waals surface area contributed by atoms with Crippen LogP contribution in [0.3, 0.4) is 0 Å². The number of carbonyl (C=O) groups is 1. The molecule has 0 fully saturated rings. The first-order valence-corrected chi connectivity index (χ1v) is 5.04. The molecule has 7 heteroatoms. The molecule has 0 amide bonds. The summed E-state index contributed by atoms with van der Waals surface area (Å²) >= 11 is 3.12. The molecule has 0 saturated heterocycles. The number of anilines is 1. The molecule has 0 heterocycles. The number of ether oxygens (including phenoxy) is 1. The largest absolute Gasteiger partial charge is 0.469 e. The lowest BCUT2D eigenvalue weighted by molar-refractivity contribution is -0.384. The summed E-state index contributed by atoms with van der Waals surface area (Å²) < 4.78 is 4.96. The van der Waals surface area contributed by atoms with Crippen molar-refractivity contribution in [1.82, 2.24) is 0 Å². The quantitative estimate of drug-likeness (QED) is 0.395. The highest BCUT2D eigenvalue weighted by Gasteiger charge is 2.18. The van der Waals surface area contributed by atoms with Crippen molar-refractivity contribution in [3.63, 3.8) is 0 Å². The van der Waals surface area contributed by atoms with Gasteiger partial charge in [0.2, 0.25) is 0 Å². The molecule has 1 rings (SSSR count). The predicted molar refractivity (Wildman–Crippen MR) is 60.9 cm³/mol. The number of esters is 1. The van der Waals surface area contributed by atoms with Gasteiger partial charge in [0, 0.05) is 10.5 Å². The molecule has 1 aromatic rings. The van der Waals surface area contributed by atoms with Crippen molar-refractivity contribution in [2.24, 2.45) is 0 Å². The third-order valence-electron chi connectivity index (χ3n) is 1.97. The normalized spacial score (nSPS) is 9.88. The lowest BCUT2D eigenvalue weighted by atomic mass is 10.1. The Balaban J connectivity index is 3.19. The number of halogens is 1. The topological polar surface area (TPSA) is 95.5 Å². The standard InChI is InChI=1S/C9H9BrN2O4/c1-16-8(13)3-5-2-6(10)4-7(9(5)11)12(14)15/h2,4H,3,11H2,1H3. The zero-order valence-electron chi connectivity index (χ0n) is 8.40. The zero-order chi connectivity index (χ0) is 12.3. The molecule has 6 nitrogen and oxygen atoms in total. The number of nitrogens with two attached hydrogens (primary N) is 1. The van der Waals surface area contributed by atoms with E-state index in [-0.39, 0.29) is 17.8 Å². The van der Waals surface area contributed by atoms with Crippen molar-refractivity contribution < 1.29 is 14.5 Å². The van der Waals surface area contributed by atoms with E-state index >= 15 is 0 Å². The van der Waals surface area contributed by atoms with Gasteiger partial charge in [-0.25, -0.2) is 0 Å². The van der Waals surface area contributed by atoms with Crippen LogP contribution in [-0.4, -0.2) is 18.0 Å². The number of hydrogen-bond acceptors (Lipinski definition) is 5. The van der Waals surface area contributed by atoms with Gasteiger partial charge in [-0.1, -0.05) is 15.9 Å². The molecule has 86 valence electrons. The van der Waals surface area contributed by atoms with Gasteiger partial charge in [-0.05, 0) is 11.6 Å². The van der Waals surface area contributed by atoms with Gasteiger partial charge in [-0.3, -0.25) is 14.9 Å². The Hall–Kier alpha value is -1.63. The van der Waals surface area contributed by atoms with Crippen LogP contribution in [0.1, 0.15) is 5.56 Å². The van der Waals surface area contributed by atoms with E-state index in [1.54, 1.807) is 6.07 Å². The van der Waals surface area contributed by atoms with Gasteiger partial charge >= 0.3 is 5.97 Å². The molecule has 0 aliphatic heterocycles. The van der Waals surface area contributed by atoms with Crippen molar-refractivity contribution in [2.75, 3.05) is 12.8 Å². The minimum absolute atomic E-state index is 0.0152. The Morgan fingerprint density at radius 2 is 2.25 bits per heavy atom. The number of hydrogen-bond donors (Lipinski definition) is 1. The number of methoxy groups -OCH3 is 1. The van der Waals surface area contributed by atoms with Gasteiger partial charge in [0.05, 0.1) is 18.5 Å². The fraction of sp³-hybridized carbons (Fsp3) is 0.222. The Morgan fingerprint density at radius 3 is 2.75 bits per heavy atom. The third kappa shape index (κ3) is 2.69. The summed E-state index contributed by atoms with van der Waals surface area (Å²) in [6, 6.07) is 2.84. The molecule has 0 unspecified atom stereocenters. The molecule has 0 spiro atoms. The second-order valence-electron chi connectivity index (χ2n) is 3.01. The van der Waals surface area contributed by atoms with E-state index in [2.05, 4.69) is 20.7 Å². The molecule has 0 saturated carbocycles. The van der Waals surface area contributed by atoms with E-state index < -0.39 is 10.9 Å². The lowest BCUT2D eigenvalue weighted by Crippen LogP contribution is -2.08. The number of benzene rings is 1. The van der Waals surface area contributed by atoms with Gasteiger partial charge in [0.25, 0.3) is 5.69 Å². The Kier molecular flexibility index (Phi) is 3.83. The summed E-state index contributed by atoms with van der Waals surface area (Å²) in [7, 11) is 1.24. The average molecular weight is 289 g/mol. The number of nitro groups is 1. The van der Waals surface area contributed by atoms with Crippen LogP contribution < -0.4 is 5.73 Å². The van der Waals surface area contributed by atoms with Gasteiger partial charge in [-0.15, -0.1) is 0 Å². The van der Waals surface area contributed by atoms with Crippen molar-refractivity contribution in [1.29, 1.82) is 0 Å². The zero-order valence-corrected chi connectivity index (χ0v) is 9.98. The molecular formula is C9H9BrN2O4. The van der Waals surface area contributed by atoms with E-state index in [1.165, 1.54) is 13.2 Å². The molecule has 0 radical (unpaired) electrons. The van der Waals surface area contributed by atoms with Crippen LogP contribution in [0.4, 0.5) is 11.4 Å². The highest BCUT2D eigenvalue weighted by molar-refractivity contribution is 9.10. The van der Waals surface area contributed by atoms with Crippen molar-refractivity contribution in [3.8, 4) is 0 Å². The molecule has 0 bridgehead atoms. The summed E-state index contributed by atoms with van der Waals surface area (Å²) in [6.07, 6.45) is -0.0946. The fourth-order valence-corrected chi connectivity index (χ4v) is 1.68. The van der Waals surface area contributed by atoms with E-state index in [4.69, 9.17) is 5.73 Å². The first-order valence-electron chi connectivity index (χ1n) is 4.24. The van der Waals surface area contributed by atoms with Crippen molar-refractivity contribution in [3.05, 3.63) is 32.3 Å². The second-order valence-corrected chi connectivity index (χ2v) is 3.92. The lowest BCUT2D eigenvalue weighted by Gasteiger charge is -2.05. The molecule has 16 heavy (non-hydrogen) atoms. The molecule has 1 aromatic carbocycles. The highest BCUT2D eigenvalue weighted by atomic mass is 79.9. The van der Waals surface area contributed by atoms with Crippen LogP contribution in [0, 0.1) is 10.1 Å². The van der Waals surface area contributed by atoms with Crippen LogP contribution in [0.2, 0.25) is 0 Å². The van der Waals surface area contributed by atoms with E-state index in [0.29, 0.717) is 10.0 Å². The minimum Gasteiger partial charge on any atom is -0.469 e. The first kappa shape index (κ1) is 12.4. The monoisotopic (exact) mass is 288 g/mol. The highest BCUT2D eigenvalue weighted by Crippen LogP contribution is 2.30. The Labute approximate surface area is 99.7 Å². The number of nitrogen functional groups attached to an aromatic ring is 1. The summed E-state index contributed by atoms with van der Waals surface area (Å²) in [5, 5.41) is 10.7. The summed E-state index contributed by atoms with van der Waals surface area (Å²) in [4.78, 5) is 21.1. The molecule has 0 atom stereocenters. The Morgan fingerprint density at radius 1 is 1.62 bits per heavy atom. The average Bonchev–Trinajstić information content (AvgIpc) is 2.22. The van der Waals surface area contributed by atoms with Crippen molar-refractivity contribution in [2.45, 2.75) is 6.42 Å². The molecule has 0 aromatic heterocycles. The van der Waals surface area contributed by atoms with E-state index in [9.17, 15) is 14.9 Å². The number of rotatable bonds is 3. The number of nitrogens with zero attached hydrogens (tertiary/aromatic N) is 1. The van der Waals surface area contributed by atoms with Crippen LogP contribution in [-0.2, 0) is 16.0 Å². The maximum Gasteiger partial charge on any atom is 0.310 e. The number of carbonyl (C=O) groups excluding carboxylic acids is 1. The molecule has 2 N–H and O–H groups in total. The van der Waals surface area contributed by atoms with Gasteiger partial charge in [0.1, 0.15) is 5.69 Å². The maximum absolute atomic E-state index is 11.1. The van der Waals surface area contributed by atoms with Crippen LogP contribution in [0.15, 0.2) is 16.6 Å². The van der Waals surface area contributed by atoms with Crippen LogP contribution in [0.25, 0.3) is 0 Å². The van der Waals surface area contributed by atoms with Crippen LogP contribution >= 0.6 is 15.9 Å². The van der Waals surface area contributed by atoms with Crippen molar-refractivity contribution >= 4 is 33.3 Å². The van der Waals surface area contributed by atoms with E-state index in [1.807, 2.05) is 0 Å². The fourth-order valence-electron chi connectivity index (χ4n) is 1.18. The molecule has 0 aliphatic carbocycles. The maximum atomic E-state index is 11.1. The second kappa shape index (κ2) is 4.93. The minimum atomic E-state index is -0.596. The molecule has 0 aliphatic rings. The summed E-state index contributed by atoms with van der Waals surface area (Å²) in [5.41, 5.74) is 5.71. The van der Waals surface area contributed by atoms with Gasteiger partial charge in [-0.2, -0.15) is 0 Å². The predicted octanol–water partition coefficient (Wildman–Crippen LogP) is 1.65. The first-order chi connectivity index (χ1) is 7.45. The SMILES string of the molecule is COC(=O)Cc1cc(Br)cc([N+](=O)[O-])c1N. The summed E-state index contributed by atoms with van der Waals surface area (Å²) in [5.74, 6) is -0.501. The van der Waals surface area contributed by atoms with Gasteiger partial charge < -0.3 is 10.5 Å². The third-order valence-corrected chi connectivity index (χ3v) is 2.43. The summed E-state index contributed by atoms with van der Waals surface area (Å²) in [6.45, 7) is 0.